The number of nitrogens with zero attached hydrogens (tertiary/aromatic N) is 2. The third kappa shape index (κ3) is 3.61. The molecule has 1 heterocycles. The van der Waals surface area contributed by atoms with Crippen molar-refractivity contribution in [3.63, 3.8) is 0 Å². The van der Waals surface area contributed by atoms with Gasteiger partial charge in [-0.15, -0.1) is 0 Å². The van der Waals surface area contributed by atoms with Gasteiger partial charge in [-0.1, -0.05) is 6.92 Å². The lowest BCUT2D eigenvalue weighted by molar-refractivity contribution is 0.128. The van der Waals surface area contributed by atoms with Gasteiger partial charge in [0.1, 0.15) is 0 Å². The number of piperazine rings is 1. The van der Waals surface area contributed by atoms with Crippen LogP contribution in [0.3, 0.4) is 0 Å². The standard InChI is InChI=1S/C11H23N3S/c1-5-13-6-7-14(8-10(13)4)11(15)12-9(2)3/h9-10H,5-8H2,1-4H3,(H,12,15). The maximum absolute atomic E-state index is 5.37. The third-order valence-corrected chi connectivity index (χ3v) is 3.25. The van der Waals surface area contributed by atoms with E-state index in [4.69, 9.17) is 12.2 Å². The fourth-order valence-corrected chi connectivity index (χ4v) is 2.39. The highest BCUT2D eigenvalue weighted by molar-refractivity contribution is 7.80. The van der Waals surface area contributed by atoms with Crippen molar-refractivity contribution in [2.45, 2.75) is 39.8 Å². The molecule has 1 saturated heterocycles. The van der Waals surface area contributed by atoms with E-state index >= 15 is 0 Å². The zero-order chi connectivity index (χ0) is 11.4. The quantitative estimate of drug-likeness (QED) is 0.719. The van der Waals surface area contributed by atoms with Gasteiger partial charge in [0, 0.05) is 31.7 Å². The van der Waals surface area contributed by atoms with Crippen molar-refractivity contribution in [1.29, 1.82) is 0 Å². The van der Waals surface area contributed by atoms with E-state index in [0.29, 0.717) is 12.1 Å². The Morgan fingerprint density at radius 2 is 2.13 bits per heavy atom. The molecule has 0 radical (unpaired) electrons. The van der Waals surface area contributed by atoms with E-state index in [-0.39, 0.29) is 0 Å². The Morgan fingerprint density at radius 1 is 1.47 bits per heavy atom. The smallest absolute Gasteiger partial charge is 0.169 e. The summed E-state index contributed by atoms with van der Waals surface area (Å²) < 4.78 is 0. The van der Waals surface area contributed by atoms with Crippen LogP contribution >= 0.6 is 12.2 Å². The van der Waals surface area contributed by atoms with Gasteiger partial charge in [0.2, 0.25) is 0 Å². The van der Waals surface area contributed by atoms with Crippen molar-refractivity contribution in [2.24, 2.45) is 0 Å². The molecule has 0 saturated carbocycles. The monoisotopic (exact) mass is 229 g/mol. The minimum atomic E-state index is 0.428. The van der Waals surface area contributed by atoms with Gasteiger partial charge in [-0.05, 0) is 39.5 Å². The molecule has 1 aliphatic rings. The number of thiocarbonyl (C=S) groups is 1. The molecule has 0 aromatic heterocycles. The lowest BCUT2D eigenvalue weighted by Gasteiger charge is -2.40. The summed E-state index contributed by atoms with van der Waals surface area (Å²) in [5.41, 5.74) is 0. The van der Waals surface area contributed by atoms with Gasteiger partial charge < -0.3 is 10.2 Å². The summed E-state index contributed by atoms with van der Waals surface area (Å²) in [7, 11) is 0. The average molecular weight is 229 g/mol. The molecule has 0 amide bonds. The highest BCUT2D eigenvalue weighted by Crippen LogP contribution is 2.09. The molecule has 1 aliphatic heterocycles. The minimum Gasteiger partial charge on any atom is -0.360 e. The van der Waals surface area contributed by atoms with Gasteiger partial charge in [0.15, 0.2) is 5.11 Å². The predicted molar refractivity (Wildman–Crippen MR) is 69.2 cm³/mol. The summed E-state index contributed by atoms with van der Waals surface area (Å²) in [4.78, 5) is 4.78. The summed E-state index contributed by atoms with van der Waals surface area (Å²) in [6.07, 6.45) is 0. The summed E-state index contributed by atoms with van der Waals surface area (Å²) in [5.74, 6) is 0. The number of hydrogen-bond donors (Lipinski definition) is 1. The Bertz CT molecular complexity index is 218. The molecule has 15 heavy (non-hydrogen) atoms. The third-order valence-electron chi connectivity index (χ3n) is 2.87. The second-order valence-electron chi connectivity index (χ2n) is 4.53. The van der Waals surface area contributed by atoms with E-state index in [1.165, 1.54) is 0 Å². The van der Waals surface area contributed by atoms with Gasteiger partial charge >= 0.3 is 0 Å². The van der Waals surface area contributed by atoms with E-state index in [2.05, 4.69) is 42.8 Å². The highest BCUT2D eigenvalue weighted by atomic mass is 32.1. The van der Waals surface area contributed by atoms with E-state index < -0.39 is 0 Å². The van der Waals surface area contributed by atoms with Crippen LogP contribution in [0.15, 0.2) is 0 Å². The van der Waals surface area contributed by atoms with Crippen LogP contribution in [-0.4, -0.2) is 53.2 Å². The van der Waals surface area contributed by atoms with Crippen molar-refractivity contribution in [3.8, 4) is 0 Å². The molecule has 0 aliphatic carbocycles. The van der Waals surface area contributed by atoms with Crippen LogP contribution in [0.1, 0.15) is 27.7 Å². The Kier molecular flexibility index (Phi) is 4.80. The molecule has 1 unspecified atom stereocenters. The number of nitrogens with one attached hydrogen (secondary N) is 1. The topological polar surface area (TPSA) is 18.5 Å². The molecule has 0 spiro atoms. The van der Waals surface area contributed by atoms with Gasteiger partial charge in [-0.25, -0.2) is 0 Å². The molecule has 0 aromatic carbocycles. The van der Waals surface area contributed by atoms with Gasteiger partial charge in [-0.3, -0.25) is 4.90 Å². The molecule has 88 valence electrons. The van der Waals surface area contributed by atoms with Gasteiger partial charge in [0.05, 0.1) is 0 Å². The molecule has 1 N–H and O–H groups in total. The lowest BCUT2D eigenvalue weighted by Crippen LogP contribution is -2.56. The van der Waals surface area contributed by atoms with Crippen molar-refractivity contribution in [1.82, 2.24) is 15.1 Å². The second kappa shape index (κ2) is 5.66. The molecule has 0 aromatic rings. The number of hydrogen-bond acceptors (Lipinski definition) is 2. The van der Waals surface area contributed by atoms with Crippen LogP contribution in [0.4, 0.5) is 0 Å². The Morgan fingerprint density at radius 3 is 2.60 bits per heavy atom. The fraction of sp³-hybridized carbons (Fsp3) is 0.909. The summed E-state index contributed by atoms with van der Waals surface area (Å²) in [6.45, 7) is 13.1. The Hall–Kier alpha value is -0.350. The first-order valence-corrected chi connectivity index (χ1v) is 6.25. The largest absolute Gasteiger partial charge is 0.360 e. The zero-order valence-corrected chi connectivity index (χ0v) is 11.1. The Balaban J connectivity index is 2.43. The van der Waals surface area contributed by atoms with Crippen LogP contribution in [0, 0.1) is 0 Å². The van der Waals surface area contributed by atoms with E-state index in [1.807, 2.05) is 0 Å². The highest BCUT2D eigenvalue weighted by Gasteiger charge is 2.23. The molecule has 1 atom stereocenters. The first-order valence-electron chi connectivity index (χ1n) is 5.84. The normalized spacial score (nSPS) is 23.3. The van der Waals surface area contributed by atoms with Crippen LogP contribution in [0.2, 0.25) is 0 Å². The van der Waals surface area contributed by atoms with Crippen molar-refractivity contribution < 1.29 is 0 Å². The van der Waals surface area contributed by atoms with Crippen LogP contribution in [0.5, 0.6) is 0 Å². The fourth-order valence-electron chi connectivity index (χ4n) is 1.99. The molecule has 1 rings (SSSR count). The molecule has 0 bridgehead atoms. The summed E-state index contributed by atoms with van der Waals surface area (Å²) in [6, 6.07) is 1.03. The maximum atomic E-state index is 5.37. The summed E-state index contributed by atoms with van der Waals surface area (Å²) >= 11 is 5.37. The van der Waals surface area contributed by atoms with E-state index in [1.54, 1.807) is 0 Å². The summed E-state index contributed by atoms with van der Waals surface area (Å²) in [5, 5.41) is 4.21. The van der Waals surface area contributed by atoms with Crippen LogP contribution < -0.4 is 5.32 Å². The van der Waals surface area contributed by atoms with Crippen molar-refractivity contribution >= 4 is 17.3 Å². The van der Waals surface area contributed by atoms with Crippen molar-refractivity contribution in [3.05, 3.63) is 0 Å². The zero-order valence-electron chi connectivity index (χ0n) is 10.3. The molecule has 1 fully saturated rings. The predicted octanol–water partition coefficient (Wildman–Crippen LogP) is 1.30. The SMILES string of the molecule is CCN1CCN(C(=S)NC(C)C)CC1C. The van der Waals surface area contributed by atoms with Crippen LogP contribution in [0.25, 0.3) is 0 Å². The lowest BCUT2D eigenvalue weighted by atomic mass is 10.2. The Labute approximate surface area is 98.8 Å². The number of likely N-dealkylation sites (N-methyl/N-ethyl adjacent to an activating group) is 1. The van der Waals surface area contributed by atoms with Crippen molar-refractivity contribution in [2.75, 3.05) is 26.2 Å². The van der Waals surface area contributed by atoms with E-state index in [0.717, 1.165) is 31.3 Å². The van der Waals surface area contributed by atoms with Crippen LogP contribution in [-0.2, 0) is 0 Å². The molecular weight excluding hydrogens is 206 g/mol. The second-order valence-corrected chi connectivity index (χ2v) is 4.91. The maximum Gasteiger partial charge on any atom is 0.169 e. The average Bonchev–Trinajstić information content (AvgIpc) is 2.16. The molecule has 3 nitrogen and oxygen atoms in total. The molecular formula is C11H23N3S. The first kappa shape index (κ1) is 12.7. The number of rotatable bonds is 2. The minimum absolute atomic E-state index is 0.428. The molecule has 4 heteroatoms. The van der Waals surface area contributed by atoms with Gasteiger partial charge in [-0.2, -0.15) is 0 Å². The first-order chi connectivity index (χ1) is 7.04. The van der Waals surface area contributed by atoms with Gasteiger partial charge in [0.25, 0.3) is 0 Å². The van der Waals surface area contributed by atoms with E-state index in [9.17, 15) is 0 Å².